The van der Waals surface area contributed by atoms with Crippen molar-refractivity contribution in [2.45, 2.75) is 11.8 Å². The lowest BCUT2D eigenvalue weighted by molar-refractivity contribution is -0.116. The first-order valence-electron chi connectivity index (χ1n) is 7.77. The zero-order valence-electron chi connectivity index (χ0n) is 14.5. The molecule has 10 heteroatoms. The number of likely N-dealkylation sites (N-methyl/N-ethyl adjacent to an activating group) is 1. The number of halogens is 3. The average Bonchev–Trinajstić information content (AvgIpc) is 2.62. The molecule has 146 valence electrons. The fourth-order valence-corrected chi connectivity index (χ4v) is 4.01. The van der Waals surface area contributed by atoms with E-state index in [0.29, 0.717) is 5.75 Å². The van der Waals surface area contributed by atoms with Crippen molar-refractivity contribution in [1.82, 2.24) is 4.31 Å². The number of carbonyl (C=O) groups is 1. The highest BCUT2D eigenvalue weighted by molar-refractivity contribution is 7.89. The van der Waals surface area contributed by atoms with Crippen molar-refractivity contribution in [2.24, 2.45) is 0 Å². The summed E-state index contributed by atoms with van der Waals surface area (Å²) >= 11 is 5.97. The molecule has 0 aromatic heterocycles. The lowest BCUT2D eigenvalue weighted by Gasteiger charge is -2.20. The third-order valence-electron chi connectivity index (χ3n) is 3.64. The molecular weight excluding hydrogens is 402 g/mol. The molecule has 0 fully saturated rings. The molecule has 0 aliphatic carbocycles. The molecule has 0 atom stereocenters. The minimum absolute atomic E-state index is 0.0111. The van der Waals surface area contributed by atoms with Gasteiger partial charge in [-0.05, 0) is 30.3 Å². The Bertz CT molecular complexity index is 954. The Morgan fingerprint density at radius 1 is 1.19 bits per heavy atom. The number of nitrogens with zero attached hydrogens (tertiary/aromatic N) is 1. The summed E-state index contributed by atoms with van der Waals surface area (Å²) in [7, 11) is -2.60. The molecule has 2 aromatic carbocycles. The number of amides is 1. The average molecular weight is 419 g/mol. The SMILES string of the molecule is CCN(CC(=O)Nc1ccc(F)c(F)c1)S(=O)(=O)c1ccc(OC)c(Cl)c1. The van der Waals surface area contributed by atoms with Crippen LogP contribution in [0.4, 0.5) is 14.5 Å². The van der Waals surface area contributed by atoms with Crippen LogP contribution in [0.1, 0.15) is 6.92 Å². The fourth-order valence-electron chi connectivity index (χ4n) is 2.26. The summed E-state index contributed by atoms with van der Waals surface area (Å²) < 4.78 is 57.5. The number of sulfonamides is 1. The van der Waals surface area contributed by atoms with Crippen LogP contribution in [0.5, 0.6) is 5.75 Å². The molecule has 0 radical (unpaired) electrons. The first kappa shape index (κ1) is 21.1. The van der Waals surface area contributed by atoms with Crippen LogP contribution in [-0.4, -0.2) is 38.8 Å². The van der Waals surface area contributed by atoms with Gasteiger partial charge in [-0.2, -0.15) is 4.31 Å². The third-order valence-corrected chi connectivity index (χ3v) is 5.85. The van der Waals surface area contributed by atoms with Crippen LogP contribution < -0.4 is 10.1 Å². The summed E-state index contributed by atoms with van der Waals surface area (Å²) in [6.45, 7) is 1.06. The molecule has 1 N–H and O–H groups in total. The summed E-state index contributed by atoms with van der Waals surface area (Å²) in [6, 6.07) is 6.79. The molecule has 0 aliphatic heterocycles. The maximum absolute atomic E-state index is 13.2. The summed E-state index contributed by atoms with van der Waals surface area (Å²) in [6.07, 6.45) is 0. The van der Waals surface area contributed by atoms with E-state index in [2.05, 4.69) is 5.32 Å². The number of methoxy groups -OCH3 is 1. The molecule has 1 amide bonds. The molecule has 0 heterocycles. The number of carbonyl (C=O) groups excluding carboxylic acids is 1. The normalized spacial score (nSPS) is 11.5. The van der Waals surface area contributed by atoms with Crippen molar-refractivity contribution in [3.05, 3.63) is 53.1 Å². The van der Waals surface area contributed by atoms with Crippen LogP contribution in [0.15, 0.2) is 41.3 Å². The van der Waals surface area contributed by atoms with Crippen LogP contribution in [-0.2, 0) is 14.8 Å². The topological polar surface area (TPSA) is 75.7 Å². The smallest absolute Gasteiger partial charge is 0.243 e. The second-order valence-electron chi connectivity index (χ2n) is 5.40. The highest BCUT2D eigenvalue weighted by Crippen LogP contribution is 2.28. The second kappa shape index (κ2) is 8.64. The van der Waals surface area contributed by atoms with Gasteiger partial charge in [-0.1, -0.05) is 18.5 Å². The van der Waals surface area contributed by atoms with Crippen molar-refractivity contribution in [2.75, 3.05) is 25.5 Å². The summed E-state index contributed by atoms with van der Waals surface area (Å²) in [4.78, 5) is 12.0. The Hall–Kier alpha value is -2.23. The molecule has 0 spiro atoms. The zero-order chi connectivity index (χ0) is 20.2. The molecule has 0 bridgehead atoms. The summed E-state index contributed by atoms with van der Waals surface area (Å²) in [5.41, 5.74) is 0.0137. The quantitative estimate of drug-likeness (QED) is 0.748. The Labute approximate surface area is 160 Å². The largest absolute Gasteiger partial charge is 0.495 e. The molecule has 0 saturated heterocycles. The predicted molar refractivity (Wildman–Crippen MR) is 97.4 cm³/mol. The van der Waals surface area contributed by atoms with Crippen LogP contribution >= 0.6 is 11.6 Å². The number of rotatable bonds is 7. The van der Waals surface area contributed by atoms with Gasteiger partial charge in [0, 0.05) is 18.3 Å². The van der Waals surface area contributed by atoms with Crippen molar-refractivity contribution in [3.8, 4) is 5.75 Å². The van der Waals surface area contributed by atoms with Gasteiger partial charge in [0.05, 0.1) is 23.6 Å². The van der Waals surface area contributed by atoms with Gasteiger partial charge in [0.1, 0.15) is 5.75 Å². The molecule has 0 saturated carbocycles. The highest BCUT2D eigenvalue weighted by Gasteiger charge is 2.26. The zero-order valence-corrected chi connectivity index (χ0v) is 16.1. The van der Waals surface area contributed by atoms with E-state index >= 15 is 0 Å². The third kappa shape index (κ3) is 4.94. The molecule has 0 aliphatic rings. The number of anilines is 1. The van der Waals surface area contributed by atoms with Gasteiger partial charge in [-0.15, -0.1) is 0 Å². The van der Waals surface area contributed by atoms with Crippen molar-refractivity contribution < 1.29 is 26.7 Å². The van der Waals surface area contributed by atoms with Crippen molar-refractivity contribution in [1.29, 1.82) is 0 Å². The standard InChI is InChI=1S/C17H17ClF2N2O4S/c1-3-22(10-17(23)21-11-4-6-14(19)15(20)8-11)27(24,25)12-5-7-16(26-2)13(18)9-12/h4-9H,3,10H2,1-2H3,(H,21,23). The number of hydrogen-bond acceptors (Lipinski definition) is 4. The van der Waals surface area contributed by atoms with E-state index in [-0.39, 0.29) is 22.2 Å². The van der Waals surface area contributed by atoms with E-state index in [0.717, 1.165) is 16.4 Å². The molecule has 6 nitrogen and oxygen atoms in total. The Balaban J connectivity index is 2.18. The van der Waals surface area contributed by atoms with Gasteiger partial charge in [-0.25, -0.2) is 17.2 Å². The Kier molecular flexibility index (Phi) is 6.74. The van der Waals surface area contributed by atoms with E-state index in [9.17, 15) is 22.0 Å². The molecule has 2 rings (SSSR count). The number of benzene rings is 2. The Morgan fingerprint density at radius 2 is 1.89 bits per heavy atom. The second-order valence-corrected chi connectivity index (χ2v) is 7.75. The predicted octanol–water partition coefficient (Wildman–Crippen LogP) is 3.28. The number of ether oxygens (including phenoxy) is 1. The minimum atomic E-state index is -4.00. The van der Waals surface area contributed by atoms with E-state index < -0.39 is 34.1 Å². The maximum atomic E-state index is 13.2. The lowest BCUT2D eigenvalue weighted by atomic mass is 10.3. The van der Waals surface area contributed by atoms with Crippen LogP contribution in [0.25, 0.3) is 0 Å². The van der Waals surface area contributed by atoms with Gasteiger partial charge in [-0.3, -0.25) is 4.79 Å². The summed E-state index contributed by atoms with van der Waals surface area (Å²) in [5.74, 6) is -2.57. The number of nitrogens with one attached hydrogen (secondary N) is 1. The molecule has 0 unspecified atom stereocenters. The first-order chi connectivity index (χ1) is 12.7. The van der Waals surface area contributed by atoms with Gasteiger partial charge < -0.3 is 10.1 Å². The van der Waals surface area contributed by atoms with Crippen LogP contribution in [0.3, 0.4) is 0 Å². The first-order valence-corrected chi connectivity index (χ1v) is 9.59. The molecule has 2 aromatic rings. The van der Waals surface area contributed by atoms with E-state index in [1.54, 1.807) is 6.92 Å². The Morgan fingerprint density at radius 3 is 2.44 bits per heavy atom. The summed E-state index contributed by atoms with van der Waals surface area (Å²) in [5, 5.41) is 2.44. The molecule has 27 heavy (non-hydrogen) atoms. The van der Waals surface area contributed by atoms with Gasteiger partial charge in [0.15, 0.2) is 11.6 Å². The lowest BCUT2D eigenvalue weighted by Crippen LogP contribution is -2.37. The van der Waals surface area contributed by atoms with Crippen LogP contribution in [0, 0.1) is 11.6 Å². The highest BCUT2D eigenvalue weighted by atomic mass is 35.5. The minimum Gasteiger partial charge on any atom is -0.495 e. The van der Waals surface area contributed by atoms with Gasteiger partial charge in [0.2, 0.25) is 15.9 Å². The van der Waals surface area contributed by atoms with E-state index in [4.69, 9.17) is 16.3 Å². The van der Waals surface area contributed by atoms with E-state index in [1.165, 1.54) is 31.4 Å². The fraction of sp³-hybridized carbons (Fsp3) is 0.235. The van der Waals surface area contributed by atoms with Gasteiger partial charge in [0.25, 0.3) is 0 Å². The monoisotopic (exact) mass is 418 g/mol. The number of hydrogen-bond donors (Lipinski definition) is 1. The van der Waals surface area contributed by atoms with Gasteiger partial charge >= 0.3 is 0 Å². The van der Waals surface area contributed by atoms with E-state index in [1.807, 2.05) is 0 Å². The molecular formula is C17H17ClF2N2O4S. The maximum Gasteiger partial charge on any atom is 0.243 e. The van der Waals surface area contributed by atoms with Crippen molar-refractivity contribution in [3.63, 3.8) is 0 Å². The van der Waals surface area contributed by atoms with Crippen LogP contribution in [0.2, 0.25) is 5.02 Å². The van der Waals surface area contributed by atoms with Crippen molar-refractivity contribution >= 4 is 33.2 Å².